The van der Waals surface area contributed by atoms with Crippen molar-refractivity contribution >= 4 is 11.6 Å². The van der Waals surface area contributed by atoms with Crippen molar-refractivity contribution in [3.05, 3.63) is 0 Å². The predicted octanol–water partition coefficient (Wildman–Crippen LogP) is 1.03. The molecule has 0 heterocycles. The largest absolute Gasteiger partial charge is 0.313 e. The van der Waals surface area contributed by atoms with Crippen molar-refractivity contribution in [1.82, 2.24) is 0 Å². The van der Waals surface area contributed by atoms with Gasteiger partial charge in [-0.1, -0.05) is 12.8 Å². The van der Waals surface area contributed by atoms with E-state index in [1.54, 1.807) is 0 Å². The van der Waals surface area contributed by atoms with Gasteiger partial charge in [-0.2, -0.15) is 0 Å². The first-order valence-corrected chi connectivity index (χ1v) is 4.34. The molecule has 4 N–H and O–H groups in total. The summed E-state index contributed by atoms with van der Waals surface area (Å²) in [6.07, 6.45) is 4.40. The van der Waals surface area contributed by atoms with Crippen molar-refractivity contribution in [2.75, 3.05) is 5.88 Å². The van der Waals surface area contributed by atoms with Gasteiger partial charge in [0.1, 0.15) is 0 Å². The zero-order valence-corrected chi connectivity index (χ0v) is 6.90. The number of hydrogen-bond acceptors (Lipinski definition) is 2. The summed E-state index contributed by atoms with van der Waals surface area (Å²) in [6, 6.07) is 0. The maximum absolute atomic E-state index is 5.83. The fraction of sp³-hybridized carbons (Fsp3) is 1.00. The van der Waals surface area contributed by atoms with Crippen molar-refractivity contribution in [2.24, 2.45) is 17.4 Å². The summed E-state index contributed by atoms with van der Waals surface area (Å²) in [7, 11) is 0. The molecule has 60 valence electrons. The van der Waals surface area contributed by atoms with E-state index in [4.69, 9.17) is 23.1 Å². The van der Waals surface area contributed by atoms with Crippen LogP contribution in [0.4, 0.5) is 0 Å². The van der Waals surface area contributed by atoms with Gasteiger partial charge in [0.25, 0.3) is 0 Å². The first kappa shape index (κ1) is 8.31. The Labute approximate surface area is 66.9 Å². The average Bonchev–Trinajstić information content (AvgIpc) is 1.87. The van der Waals surface area contributed by atoms with Crippen molar-refractivity contribution in [1.29, 1.82) is 0 Å². The number of nitrogens with two attached hydrogens (primary N) is 2. The standard InChI is InChI=1S/C7H15ClN2/c8-5-6-3-1-2-4-7(6,9)10/h6H,1-5,9-10H2. The van der Waals surface area contributed by atoms with Crippen LogP contribution in [0.1, 0.15) is 25.7 Å². The fourth-order valence-electron chi connectivity index (χ4n) is 1.52. The van der Waals surface area contributed by atoms with Gasteiger partial charge in [-0.25, -0.2) is 0 Å². The van der Waals surface area contributed by atoms with Crippen molar-refractivity contribution < 1.29 is 0 Å². The normalized spacial score (nSPS) is 32.1. The zero-order chi connectivity index (χ0) is 7.61. The topological polar surface area (TPSA) is 52.0 Å². The van der Waals surface area contributed by atoms with E-state index in [0.717, 1.165) is 19.3 Å². The van der Waals surface area contributed by atoms with Crippen LogP contribution in [0, 0.1) is 5.92 Å². The van der Waals surface area contributed by atoms with Crippen LogP contribution in [0.5, 0.6) is 0 Å². The Kier molecular flexibility index (Phi) is 2.55. The molecule has 0 radical (unpaired) electrons. The molecule has 0 spiro atoms. The lowest BCUT2D eigenvalue weighted by Gasteiger charge is -2.36. The summed E-state index contributed by atoms with van der Waals surface area (Å²) < 4.78 is 0. The summed E-state index contributed by atoms with van der Waals surface area (Å²) in [4.78, 5) is 0. The molecule has 2 nitrogen and oxygen atoms in total. The molecule has 0 aromatic heterocycles. The van der Waals surface area contributed by atoms with Gasteiger partial charge in [0, 0.05) is 11.8 Å². The summed E-state index contributed by atoms with van der Waals surface area (Å²) in [5, 5.41) is 0. The van der Waals surface area contributed by atoms with Gasteiger partial charge in [-0.05, 0) is 12.8 Å². The highest BCUT2D eigenvalue weighted by Crippen LogP contribution is 2.28. The molecule has 3 heteroatoms. The van der Waals surface area contributed by atoms with Crippen LogP contribution in [-0.2, 0) is 0 Å². The highest BCUT2D eigenvalue weighted by molar-refractivity contribution is 6.18. The molecule has 0 saturated heterocycles. The number of rotatable bonds is 1. The van der Waals surface area contributed by atoms with Gasteiger partial charge >= 0.3 is 0 Å². The van der Waals surface area contributed by atoms with Crippen molar-refractivity contribution in [3.8, 4) is 0 Å². The first-order valence-electron chi connectivity index (χ1n) is 3.80. The Morgan fingerprint density at radius 1 is 1.40 bits per heavy atom. The van der Waals surface area contributed by atoms with Crippen LogP contribution < -0.4 is 11.5 Å². The molecule has 10 heavy (non-hydrogen) atoms. The first-order chi connectivity index (χ1) is 4.67. The third-order valence-electron chi connectivity index (χ3n) is 2.36. The van der Waals surface area contributed by atoms with Crippen LogP contribution in [0.15, 0.2) is 0 Å². The van der Waals surface area contributed by atoms with Gasteiger partial charge in [0.15, 0.2) is 0 Å². The lowest BCUT2D eigenvalue weighted by molar-refractivity contribution is 0.215. The Morgan fingerprint density at radius 3 is 2.50 bits per heavy atom. The molecule has 1 unspecified atom stereocenters. The lowest BCUT2D eigenvalue weighted by atomic mass is 9.81. The van der Waals surface area contributed by atoms with Crippen LogP contribution in [0.3, 0.4) is 0 Å². The molecule has 0 aromatic rings. The molecule has 1 aliphatic carbocycles. The van der Waals surface area contributed by atoms with Crippen molar-refractivity contribution in [2.45, 2.75) is 31.3 Å². The molecule has 1 atom stereocenters. The van der Waals surface area contributed by atoms with Gasteiger partial charge in [0.05, 0.1) is 5.66 Å². The highest BCUT2D eigenvalue weighted by Gasteiger charge is 2.32. The fourth-order valence-corrected chi connectivity index (χ4v) is 1.96. The van der Waals surface area contributed by atoms with Crippen molar-refractivity contribution in [3.63, 3.8) is 0 Å². The van der Waals surface area contributed by atoms with Crippen LogP contribution in [-0.4, -0.2) is 11.5 Å². The molecular formula is C7H15ClN2. The molecule has 1 fully saturated rings. The van der Waals surface area contributed by atoms with Crippen LogP contribution in [0.2, 0.25) is 0 Å². The predicted molar refractivity (Wildman–Crippen MR) is 43.8 cm³/mol. The lowest BCUT2D eigenvalue weighted by Crippen LogP contribution is -2.57. The van der Waals surface area contributed by atoms with Gasteiger partial charge in [-0.3, -0.25) is 0 Å². The van der Waals surface area contributed by atoms with E-state index in [0.29, 0.717) is 11.8 Å². The van der Waals surface area contributed by atoms with E-state index in [1.807, 2.05) is 0 Å². The summed E-state index contributed by atoms with van der Waals surface area (Å²) in [6.45, 7) is 0. The van der Waals surface area contributed by atoms with E-state index in [1.165, 1.54) is 6.42 Å². The quantitative estimate of drug-likeness (QED) is 0.447. The van der Waals surface area contributed by atoms with E-state index in [9.17, 15) is 0 Å². The maximum Gasteiger partial charge on any atom is 0.0677 e. The van der Waals surface area contributed by atoms with E-state index < -0.39 is 5.66 Å². The van der Waals surface area contributed by atoms with E-state index in [2.05, 4.69) is 0 Å². The van der Waals surface area contributed by atoms with Gasteiger partial charge in [0.2, 0.25) is 0 Å². The number of halogens is 1. The summed E-state index contributed by atoms with van der Waals surface area (Å²) in [5.41, 5.74) is 11.2. The molecule has 1 aliphatic rings. The maximum atomic E-state index is 5.83. The second-order valence-corrected chi connectivity index (χ2v) is 3.52. The van der Waals surface area contributed by atoms with E-state index >= 15 is 0 Å². The number of hydrogen-bond donors (Lipinski definition) is 2. The Bertz CT molecular complexity index is 114. The summed E-state index contributed by atoms with van der Waals surface area (Å²) in [5.74, 6) is 0.926. The minimum Gasteiger partial charge on any atom is -0.313 e. The van der Waals surface area contributed by atoms with Crippen LogP contribution >= 0.6 is 11.6 Å². The third-order valence-corrected chi connectivity index (χ3v) is 2.73. The second-order valence-electron chi connectivity index (χ2n) is 3.21. The molecule has 1 rings (SSSR count). The third kappa shape index (κ3) is 1.62. The summed E-state index contributed by atoms with van der Waals surface area (Å²) >= 11 is 5.70. The van der Waals surface area contributed by atoms with Crippen LogP contribution in [0.25, 0.3) is 0 Å². The Balaban J connectivity index is 2.51. The van der Waals surface area contributed by atoms with Gasteiger partial charge in [-0.15, -0.1) is 11.6 Å². The molecule has 0 bridgehead atoms. The molecular weight excluding hydrogens is 148 g/mol. The Morgan fingerprint density at radius 2 is 2.10 bits per heavy atom. The minimum atomic E-state index is -0.486. The molecule has 1 saturated carbocycles. The van der Waals surface area contributed by atoms with E-state index in [-0.39, 0.29) is 0 Å². The zero-order valence-electron chi connectivity index (χ0n) is 6.15. The average molecular weight is 163 g/mol. The molecule has 0 aromatic carbocycles. The molecule has 0 aliphatic heterocycles. The smallest absolute Gasteiger partial charge is 0.0677 e. The number of alkyl halides is 1. The minimum absolute atomic E-state index is 0.322. The second kappa shape index (κ2) is 3.07. The SMILES string of the molecule is NC1(N)CCCCC1CCl. The molecule has 0 amide bonds. The monoisotopic (exact) mass is 162 g/mol. The van der Waals surface area contributed by atoms with Gasteiger partial charge < -0.3 is 11.5 Å². The highest BCUT2D eigenvalue weighted by atomic mass is 35.5. The Hall–Kier alpha value is 0.210.